The lowest BCUT2D eigenvalue weighted by Crippen LogP contribution is -2.18. The molecule has 3 heteroatoms. The molecule has 1 N–H and O–H groups in total. The molecule has 0 aliphatic carbocycles. The van der Waals surface area contributed by atoms with Crippen molar-refractivity contribution in [2.45, 2.75) is 26.8 Å². The molecule has 0 fully saturated rings. The van der Waals surface area contributed by atoms with E-state index >= 15 is 0 Å². The van der Waals surface area contributed by atoms with Crippen molar-refractivity contribution in [2.75, 3.05) is 6.54 Å². The predicted molar refractivity (Wildman–Crippen MR) is 65.2 cm³/mol. The average Bonchev–Trinajstić information content (AvgIpc) is 2.50. The zero-order valence-corrected chi connectivity index (χ0v) is 10.4. The minimum absolute atomic E-state index is 0.262. The largest absolute Gasteiger partial charge is 0.306 e. The van der Waals surface area contributed by atoms with Crippen LogP contribution in [0.4, 0.5) is 0 Å². The molecule has 1 unspecified atom stereocenters. The Kier molecular flexibility index (Phi) is 4.66. The summed E-state index contributed by atoms with van der Waals surface area (Å²) in [4.78, 5) is 1.20. The molecule has 0 saturated carbocycles. The molecule has 1 aromatic heterocycles. The molecule has 0 radical (unpaired) electrons. The Hall–Kier alpha value is -0.310. The number of thiophene rings is 1. The minimum atomic E-state index is 0.262. The molecule has 78 valence electrons. The van der Waals surface area contributed by atoms with Gasteiger partial charge in [0.2, 0.25) is 0 Å². The Labute approximate surface area is 94.8 Å². The van der Waals surface area contributed by atoms with Gasteiger partial charge < -0.3 is 5.32 Å². The number of allylic oxidation sites excluding steroid dienone is 1. The molecule has 0 aliphatic rings. The van der Waals surface area contributed by atoms with Gasteiger partial charge >= 0.3 is 0 Å². The number of rotatable bonds is 4. The molecular weight excluding hydrogens is 214 g/mol. The van der Waals surface area contributed by atoms with Gasteiger partial charge in [0.25, 0.3) is 0 Å². The molecule has 0 aromatic carbocycles. The maximum absolute atomic E-state index is 6.09. The van der Waals surface area contributed by atoms with Gasteiger partial charge in [-0.1, -0.05) is 30.2 Å². The fraction of sp³-hybridized carbons (Fsp3) is 0.455. The minimum Gasteiger partial charge on any atom is -0.306 e. The van der Waals surface area contributed by atoms with Crippen LogP contribution in [0.3, 0.4) is 0 Å². The summed E-state index contributed by atoms with van der Waals surface area (Å²) in [5.74, 6) is 0. The van der Waals surface area contributed by atoms with Crippen LogP contribution < -0.4 is 5.32 Å². The molecule has 0 spiro atoms. The Balaban J connectivity index is 2.88. The van der Waals surface area contributed by atoms with Gasteiger partial charge in [-0.2, -0.15) is 0 Å². The van der Waals surface area contributed by atoms with Gasteiger partial charge in [-0.05, 0) is 31.8 Å². The van der Waals surface area contributed by atoms with Gasteiger partial charge in [0.1, 0.15) is 0 Å². The summed E-state index contributed by atoms with van der Waals surface area (Å²) in [6, 6.07) is 2.21. The summed E-state index contributed by atoms with van der Waals surface area (Å²) < 4.78 is 0. The lowest BCUT2D eigenvalue weighted by atomic mass is 10.1. The van der Waals surface area contributed by atoms with E-state index < -0.39 is 0 Å². The maximum Gasteiger partial charge on any atom is 0.0618 e. The van der Waals surface area contributed by atoms with Gasteiger partial charge in [0, 0.05) is 4.88 Å². The van der Waals surface area contributed by atoms with Crippen molar-refractivity contribution in [2.24, 2.45) is 0 Å². The SMILES string of the molecule is CCNC(C=C(C)C)c1sccc1Cl. The van der Waals surface area contributed by atoms with Crippen LogP contribution in [0, 0.1) is 0 Å². The molecule has 1 nitrogen and oxygen atoms in total. The number of hydrogen-bond donors (Lipinski definition) is 1. The molecule has 1 heterocycles. The summed E-state index contributed by atoms with van der Waals surface area (Å²) in [6.07, 6.45) is 2.21. The van der Waals surface area contributed by atoms with Crippen molar-refractivity contribution >= 4 is 22.9 Å². The highest BCUT2D eigenvalue weighted by molar-refractivity contribution is 7.10. The highest BCUT2D eigenvalue weighted by atomic mass is 35.5. The summed E-state index contributed by atoms with van der Waals surface area (Å²) in [6.45, 7) is 7.26. The molecule has 1 aromatic rings. The molecule has 0 amide bonds. The average molecular weight is 230 g/mol. The first-order valence-electron chi connectivity index (χ1n) is 4.76. The van der Waals surface area contributed by atoms with E-state index in [9.17, 15) is 0 Å². The molecule has 14 heavy (non-hydrogen) atoms. The fourth-order valence-electron chi connectivity index (χ4n) is 1.31. The zero-order chi connectivity index (χ0) is 10.6. The van der Waals surface area contributed by atoms with Crippen LogP contribution >= 0.6 is 22.9 Å². The number of likely N-dealkylation sites (N-methyl/N-ethyl adjacent to an activating group) is 1. The van der Waals surface area contributed by atoms with E-state index in [1.165, 1.54) is 10.5 Å². The van der Waals surface area contributed by atoms with Gasteiger partial charge in [0.05, 0.1) is 11.1 Å². The number of hydrogen-bond acceptors (Lipinski definition) is 2. The molecule has 1 rings (SSSR count). The van der Waals surface area contributed by atoms with Crippen molar-refractivity contribution in [3.8, 4) is 0 Å². The quantitative estimate of drug-likeness (QED) is 0.770. The first kappa shape index (κ1) is 11.8. The fourth-order valence-corrected chi connectivity index (χ4v) is 2.53. The summed E-state index contributed by atoms with van der Waals surface area (Å²) >= 11 is 7.80. The topological polar surface area (TPSA) is 12.0 Å². The third-order valence-corrected chi connectivity index (χ3v) is 3.29. The Morgan fingerprint density at radius 3 is 2.79 bits per heavy atom. The number of nitrogens with one attached hydrogen (secondary N) is 1. The van der Waals surface area contributed by atoms with Crippen LogP contribution in [0.5, 0.6) is 0 Å². The lowest BCUT2D eigenvalue weighted by molar-refractivity contribution is 0.654. The van der Waals surface area contributed by atoms with Crippen molar-refractivity contribution in [3.05, 3.63) is 33.0 Å². The van der Waals surface area contributed by atoms with Crippen LogP contribution in [-0.2, 0) is 0 Å². The Morgan fingerprint density at radius 1 is 1.64 bits per heavy atom. The second-order valence-corrected chi connectivity index (χ2v) is 4.77. The molecule has 0 bridgehead atoms. The van der Waals surface area contributed by atoms with Crippen molar-refractivity contribution in [1.82, 2.24) is 5.32 Å². The van der Waals surface area contributed by atoms with Crippen molar-refractivity contribution < 1.29 is 0 Å². The second-order valence-electron chi connectivity index (χ2n) is 3.41. The van der Waals surface area contributed by atoms with Crippen LogP contribution in [0.1, 0.15) is 31.7 Å². The highest BCUT2D eigenvalue weighted by Crippen LogP contribution is 2.29. The molecular formula is C11H16ClNS. The van der Waals surface area contributed by atoms with E-state index in [0.717, 1.165) is 11.6 Å². The Morgan fingerprint density at radius 2 is 2.36 bits per heavy atom. The zero-order valence-electron chi connectivity index (χ0n) is 8.80. The van der Waals surface area contributed by atoms with E-state index in [-0.39, 0.29) is 6.04 Å². The van der Waals surface area contributed by atoms with E-state index in [0.29, 0.717) is 0 Å². The van der Waals surface area contributed by atoms with Crippen LogP contribution in [-0.4, -0.2) is 6.54 Å². The third-order valence-electron chi connectivity index (χ3n) is 1.85. The first-order valence-corrected chi connectivity index (χ1v) is 6.02. The molecule has 0 saturated heterocycles. The second kappa shape index (κ2) is 5.54. The normalized spacial score (nSPS) is 12.6. The van der Waals surface area contributed by atoms with E-state index in [1.807, 2.05) is 11.4 Å². The predicted octanol–water partition coefficient (Wildman–Crippen LogP) is 4.02. The van der Waals surface area contributed by atoms with Gasteiger partial charge in [-0.15, -0.1) is 11.3 Å². The van der Waals surface area contributed by atoms with E-state index in [1.54, 1.807) is 11.3 Å². The van der Waals surface area contributed by atoms with Crippen LogP contribution in [0.2, 0.25) is 5.02 Å². The van der Waals surface area contributed by atoms with Gasteiger partial charge in [0.15, 0.2) is 0 Å². The smallest absolute Gasteiger partial charge is 0.0618 e. The van der Waals surface area contributed by atoms with Crippen molar-refractivity contribution in [1.29, 1.82) is 0 Å². The summed E-state index contributed by atoms with van der Waals surface area (Å²) in [5.41, 5.74) is 1.31. The van der Waals surface area contributed by atoms with Gasteiger partial charge in [-0.25, -0.2) is 0 Å². The summed E-state index contributed by atoms with van der Waals surface area (Å²) in [5, 5.41) is 6.30. The van der Waals surface area contributed by atoms with E-state index in [4.69, 9.17) is 11.6 Å². The van der Waals surface area contributed by atoms with Crippen LogP contribution in [0.25, 0.3) is 0 Å². The van der Waals surface area contributed by atoms with Crippen molar-refractivity contribution in [3.63, 3.8) is 0 Å². The Bertz CT molecular complexity index is 313. The monoisotopic (exact) mass is 229 g/mol. The molecule has 1 atom stereocenters. The van der Waals surface area contributed by atoms with E-state index in [2.05, 4.69) is 32.2 Å². The maximum atomic E-state index is 6.09. The first-order chi connectivity index (χ1) is 6.65. The summed E-state index contributed by atoms with van der Waals surface area (Å²) in [7, 11) is 0. The molecule has 0 aliphatic heterocycles. The highest BCUT2D eigenvalue weighted by Gasteiger charge is 2.11. The third kappa shape index (κ3) is 3.12. The standard InChI is InChI=1S/C11H16ClNS/c1-4-13-10(7-8(2)3)11-9(12)5-6-14-11/h5-7,10,13H,4H2,1-3H3. The van der Waals surface area contributed by atoms with Crippen LogP contribution in [0.15, 0.2) is 23.1 Å². The number of halogens is 1. The lowest BCUT2D eigenvalue weighted by Gasteiger charge is -2.13. The van der Waals surface area contributed by atoms with Gasteiger partial charge in [-0.3, -0.25) is 0 Å².